The summed E-state index contributed by atoms with van der Waals surface area (Å²) in [6.45, 7) is 0. The second-order valence-electron chi connectivity index (χ2n) is 3.37. The molecule has 1 rings (SSSR count). The van der Waals surface area contributed by atoms with Gasteiger partial charge in [-0.3, -0.25) is 0 Å². The molecular weight excluding hydrogens is 281 g/mol. The molecule has 0 saturated carbocycles. The smallest absolute Gasteiger partial charge is 0.308 e. The SMILES string of the molecule is CNC(c1ccc(Cl)c(Cl)c1)C(F)(F)C(F)F. The van der Waals surface area contributed by atoms with E-state index in [0.29, 0.717) is 0 Å². The summed E-state index contributed by atoms with van der Waals surface area (Å²) in [5.74, 6) is -4.19. The Bertz CT molecular complexity index is 398. The highest BCUT2D eigenvalue weighted by atomic mass is 35.5. The number of hydrogen-bond donors (Lipinski definition) is 1. The molecule has 1 nitrogen and oxygen atoms in total. The molecule has 0 aliphatic heterocycles. The van der Waals surface area contributed by atoms with Crippen LogP contribution in [0.3, 0.4) is 0 Å². The molecule has 17 heavy (non-hydrogen) atoms. The normalized spacial score (nSPS) is 14.1. The molecule has 1 unspecified atom stereocenters. The standard InChI is InChI=1S/C10H9Cl2F4N/c1-17-8(10(15,16)9(13)14)5-2-3-6(11)7(12)4-5/h2-4,8-9,17H,1H3. The minimum Gasteiger partial charge on any atom is -0.308 e. The fourth-order valence-corrected chi connectivity index (χ4v) is 1.71. The fourth-order valence-electron chi connectivity index (χ4n) is 1.40. The largest absolute Gasteiger partial charge is 0.326 e. The predicted octanol–water partition coefficient (Wildman–Crippen LogP) is 4.15. The van der Waals surface area contributed by atoms with E-state index in [1.165, 1.54) is 19.2 Å². The van der Waals surface area contributed by atoms with Crippen molar-refractivity contribution in [3.05, 3.63) is 33.8 Å². The quantitative estimate of drug-likeness (QED) is 0.821. The van der Waals surface area contributed by atoms with Gasteiger partial charge >= 0.3 is 12.3 Å². The van der Waals surface area contributed by atoms with Gasteiger partial charge in [-0.15, -0.1) is 0 Å². The van der Waals surface area contributed by atoms with Crippen molar-refractivity contribution < 1.29 is 17.6 Å². The van der Waals surface area contributed by atoms with Crippen molar-refractivity contribution in [2.45, 2.75) is 18.4 Å². The summed E-state index contributed by atoms with van der Waals surface area (Å²) < 4.78 is 51.0. The van der Waals surface area contributed by atoms with Gasteiger partial charge in [-0.25, -0.2) is 8.78 Å². The van der Waals surface area contributed by atoms with Gasteiger partial charge < -0.3 is 5.32 Å². The van der Waals surface area contributed by atoms with E-state index < -0.39 is 18.4 Å². The number of rotatable bonds is 4. The second-order valence-corrected chi connectivity index (χ2v) is 4.18. The van der Waals surface area contributed by atoms with E-state index in [0.717, 1.165) is 6.07 Å². The van der Waals surface area contributed by atoms with E-state index in [4.69, 9.17) is 23.2 Å². The van der Waals surface area contributed by atoms with Gasteiger partial charge in [0.25, 0.3) is 0 Å². The average molecular weight is 290 g/mol. The van der Waals surface area contributed by atoms with Crippen LogP contribution < -0.4 is 5.32 Å². The monoisotopic (exact) mass is 289 g/mol. The Morgan fingerprint density at radius 1 is 1.18 bits per heavy atom. The minimum atomic E-state index is -4.19. The van der Waals surface area contributed by atoms with E-state index in [1.54, 1.807) is 0 Å². The van der Waals surface area contributed by atoms with E-state index in [2.05, 4.69) is 5.32 Å². The van der Waals surface area contributed by atoms with Crippen LogP contribution >= 0.6 is 23.2 Å². The van der Waals surface area contributed by atoms with Crippen molar-refractivity contribution in [3.8, 4) is 0 Å². The summed E-state index contributed by atoms with van der Waals surface area (Å²) in [7, 11) is 1.17. The molecule has 0 radical (unpaired) electrons. The summed E-state index contributed by atoms with van der Waals surface area (Å²) in [6, 6.07) is 1.83. The van der Waals surface area contributed by atoms with Crippen molar-refractivity contribution in [3.63, 3.8) is 0 Å². The molecule has 0 bridgehead atoms. The van der Waals surface area contributed by atoms with Crippen molar-refractivity contribution in [2.24, 2.45) is 0 Å². The number of benzene rings is 1. The van der Waals surface area contributed by atoms with E-state index in [-0.39, 0.29) is 15.6 Å². The van der Waals surface area contributed by atoms with E-state index in [1.807, 2.05) is 0 Å². The summed E-state index contributed by atoms with van der Waals surface area (Å²) in [5.41, 5.74) is -0.0489. The topological polar surface area (TPSA) is 12.0 Å². The van der Waals surface area contributed by atoms with E-state index in [9.17, 15) is 17.6 Å². The predicted molar refractivity (Wildman–Crippen MR) is 59.2 cm³/mol. The zero-order chi connectivity index (χ0) is 13.2. The first kappa shape index (κ1) is 14.5. The lowest BCUT2D eigenvalue weighted by Gasteiger charge is -2.26. The molecule has 0 aliphatic carbocycles. The molecule has 1 aromatic carbocycles. The summed E-state index contributed by atoms with van der Waals surface area (Å²) in [4.78, 5) is 0. The van der Waals surface area contributed by atoms with Gasteiger partial charge in [0.2, 0.25) is 0 Å². The van der Waals surface area contributed by atoms with Crippen LogP contribution in [0.1, 0.15) is 11.6 Å². The van der Waals surface area contributed by atoms with Crippen molar-refractivity contribution in [1.82, 2.24) is 5.32 Å². The Kier molecular flexibility index (Phi) is 4.63. The third-order valence-electron chi connectivity index (χ3n) is 2.24. The third kappa shape index (κ3) is 3.03. The lowest BCUT2D eigenvalue weighted by molar-refractivity contribution is -0.150. The molecule has 7 heteroatoms. The molecule has 96 valence electrons. The summed E-state index contributed by atoms with van der Waals surface area (Å²) >= 11 is 11.3. The van der Waals surface area contributed by atoms with Crippen molar-refractivity contribution >= 4 is 23.2 Å². The first-order valence-corrected chi connectivity index (χ1v) is 5.34. The van der Waals surface area contributed by atoms with Gasteiger partial charge in [0.1, 0.15) is 6.04 Å². The third-order valence-corrected chi connectivity index (χ3v) is 2.98. The van der Waals surface area contributed by atoms with Crippen LogP contribution in [-0.4, -0.2) is 19.4 Å². The van der Waals surface area contributed by atoms with Gasteiger partial charge in [0.05, 0.1) is 10.0 Å². The Balaban J connectivity index is 3.14. The molecule has 0 fully saturated rings. The van der Waals surface area contributed by atoms with Gasteiger partial charge in [-0.05, 0) is 24.7 Å². The Morgan fingerprint density at radius 2 is 1.76 bits per heavy atom. The highest BCUT2D eigenvalue weighted by Gasteiger charge is 2.48. The second kappa shape index (κ2) is 5.42. The van der Waals surface area contributed by atoms with Crippen LogP contribution in [0.5, 0.6) is 0 Å². The van der Waals surface area contributed by atoms with Crippen LogP contribution in [0.2, 0.25) is 10.0 Å². The molecular formula is C10H9Cl2F4N. The molecule has 0 saturated heterocycles. The highest BCUT2D eigenvalue weighted by molar-refractivity contribution is 6.42. The molecule has 1 aromatic rings. The first-order chi connectivity index (χ1) is 7.80. The number of halogens is 6. The first-order valence-electron chi connectivity index (χ1n) is 4.59. The maximum Gasteiger partial charge on any atom is 0.326 e. The Hall–Kier alpha value is -0.520. The number of alkyl halides is 4. The lowest BCUT2D eigenvalue weighted by Crippen LogP contribution is -2.41. The zero-order valence-electron chi connectivity index (χ0n) is 8.65. The molecule has 0 aliphatic rings. The van der Waals surface area contributed by atoms with Gasteiger partial charge in [-0.1, -0.05) is 29.3 Å². The molecule has 1 atom stereocenters. The molecule has 0 aromatic heterocycles. The Labute approximate surface area is 106 Å². The van der Waals surface area contributed by atoms with Crippen LogP contribution in [0.25, 0.3) is 0 Å². The molecule has 0 amide bonds. The van der Waals surface area contributed by atoms with Gasteiger partial charge in [0.15, 0.2) is 0 Å². The van der Waals surface area contributed by atoms with Gasteiger partial charge in [0, 0.05) is 0 Å². The minimum absolute atomic E-state index is 0.0366. The number of nitrogens with one attached hydrogen (secondary N) is 1. The maximum atomic E-state index is 13.2. The van der Waals surface area contributed by atoms with Crippen molar-refractivity contribution in [2.75, 3.05) is 7.05 Å². The molecule has 0 heterocycles. The number of hydrogen-bond acceptors (Lipinski definition) is 1. The average Bonchev–Trinajstić information content (AvgIpc) is 2.23. The van der Waals surface area contributed by atoms with Crippen LogP contribution in [0.4, 0.5) is 17.6 Å². The van der Waals surface area contributed by atoms with E-state index >= 15 is 0 Å². The fraction of sp³-hybridized carbons (Fsp3) is 0.400. The van der Waals surface area contributed by atoms with Gasteiger partial charge in [-0.2, -0.15) is 8.78 Å². The zero-order valence-corrected chi connectivity index (χ0v) is 10.2. The van der Waals surface area contributed by atoms with Crippen LogP contribution in [0, 0.1) is 0 Å². The summed E-state index contributed by atoms with van der Waals surface area (Å²) in [5, 5.41) is 2.36. The van der Waals surface area contributed by atoms with Crippen molar-refractivity contribution in [1.29, 1.82) is 0 Å². The maximum absolute atomic E-state index is 13.2. The van der Waals surface area contributed by atoms with Crippen LogP contribution in [0.15, 0.2) is 18.2 Å². The highest BCUT2D eigenvalue weighted by Crippen LogP contribution is 2.38. The Morgan fingerprint density at radius 3 is 2.18 bits per heavy atom. The van der Waals surface area contributed by atoms with Crippen LogP contribution in [-0.2, 0) is 0 Å². The molecule has 1 N–H and O–H groups in total. The summed E-state index contributed by atoms with van der Waals surface area (Å²) in [6.07, 6.45) is -3.77. The molecule has 0 spiro atoms. The lowest BCUT2D eigenvalue weighted by atomic mass is 10.0.